The Morgan fingerprint density at radius 2 is 1.59 bits per heavy atom. The first-order valence-electron chi connectivity index (χ1n) is 17.6. The van der Waals surface area contributed by atoms with E-state index in [1.54, 1.807) is 7.11 Å². The standard InChI is InChI=1S/C39H59NO4/c1-25(2)28-15-20-39(34(42)40-23-24-44-27-11-9-26(43-8)10-12-27)22-21-37(6)29(33(28)39)13-14-31-36(5)18-17-32(41)35(3,4)30(36)16-19-38(31,37)7/h9-12,28-33,41H,1,13-24H2,2-8H3,(H,40,42)/t28-,29+,30-,31+,32-,33+,36-,37+,38+,39-/m0/s1. The molecule has 0 radical (unpaired) electrons. The van der Waals surface area contributed by atoms with Crippen LogP contribution in [0.15, 0.2) is 36.4 Å². The van der Waals surface area contributed by atoms with E-state index in [0.29, 0.717) is 42.7 Å². The molecule has 5 heteroatoms. The van der Waals surface area contributed by atoms with Crippen LogP contribution in [0.2, 0.25) is 0 Å². The number of nitrogens with one attached hydrogen (secondary N) is 1. The van der Waals surface area contributed by atoms with Crippen molar-refractivity contribution >= 4 is 5.91 Å². The second-order valence-electron chi connectivity index (χ2n) is 17.0. The number of benzene rings is 1. The maximum Gasteiger partial charge on any atom is 0.226 e. The number of rotatable bonds is 7. The minimum Gasteiger partial charge on any atom is -0.497 e. The number of hydrogen-bond donors (Lipinski definition) is 2. The summed E-state index contributed by atoms with van der Waals surface area (Å²) in [5.41, 5.74) is 1.64. The Bertz CT molecular complexity index is 1260. The second-order valence-corrected chi connectivity index (χ2v) is 17.0. The summed E-state index contributed by atoms with van der Waals surface area (Å²) in [4.78, 5) is 14.3. The van der Waals surface area contributed by atoms with E-state index in [1.807, 2.05) is 24.3 Å². The molecule has 0 aliphatic heterocycles. The number of aliphatic hydroxyl groups excluding tert-OH is 1. The van der Waals surface area contributed by atoms with Gasteiger partial charge in [-0.1, -0.05) is 46.8 Å². The van der Waals surface area contributed by atoms with E-state index in [9.17, 15) is 9.90 Å². The van der Waals surface area contributed by atoms with Gasteiger partial charge in [-0.2, -0.15) is 0 Å². The molecule has 5 aliphatic rings. The van der Waals surface area contributed by atoms with Crippen LogP contribution < -0.4 is 14.8 Å². The Hall–Kier alpha value is -2.01. The van der Waals surface area contributed by atoms with Crippen molar-refractivity contribution < 1.29 is 19.4 Å². The van der Waals surface area contributed by atoms with Gasteiger partial charge in [-0.15, -0.1) is 0 Å². The molecular weight excluding hydrogens is 546 g/mol. The number of carbonyl (C=O) groups is 1. The van der Waals surface area contributed by atoms with Gasteiger partial charge in [0.1, 0.15) is 18.1 Å². The number of hydrogen-bond acceptors (Lipinski definition) is 4. The third kappa shape index (κ3) is 4.52. The quantitative estimate of drug-likeness (QED) is 0.243. The Morgan fingerprint density at radius 1 is 0.886 bits per heavy atom. The summed E-state index contributed by atoms with van der Waals surface area (Å²) < 4.78 is 11.2. The van der Waals surface area contributed by atoms with E-state index in [1.165, 1.54) is 31.3 Å². The summed E-state index contributed by atoms with van der Waals surface area (Å²) in [7, 11) is 1.66. The average Bonchev–Trinajstić information content (AvgIpc) is 3.39. The predicted octanol–water partition coefficient (Wildman–Crippen LogP) is 8.21. The zero-order chi connectivity index (χ0) is 31.7. The lowest BCUT2D eigenvalue weighted by molar-refractivity contribution is -0.246. The van der Waals surface area contributed by atoms with Crippen LogP contribution in [-0.4, -0.2) is 37.4 Å². The smallest absolute Gasteiger partial charge is 0.226 e. The molecule has 1 aromatic carbocycles. The monoisotopic (exact) mass is 605 g/mol. The van der Waals surface area contributed by atoms with Crippen molar-refractivity contribution in [3.8, 4) is 11.5 Å². The van der Waals surface area contributed by atoms with Crippen LogP contribution >= 0.6 is 0 Å². The topological polar surface area (TPSA) is 67.8 Å². The summed E-state index contributed by atoms with van der Waals surface area (Å²) in [5.74, 6) is 4.38. The van der Waals surface area contributed by atoms with E-state index < -0.39 is 0 Å². The molecule has 6 rings (SSSR count). The van der Waals surface area contributed by atoms with Crippen molar-refractivity contribution in [3.05, 3.63) is 36.4 Å². The number of allylic oxidation sites excluding steroid dienone is 1. The minimum atomic E-state index is -0.310. The number of methoxy groups -OCH3 is 1. The SMILES string of the molecule is C=C(C)[C@@H]1CC[C@]2(C(=O)NCCOc3ccc(OC)cc3)CC[C@]3(C)[C@H](CC[C@@H]4[C@@]5(C)CC[C@H](O)C(C)(C)[C@@H]5CC[C@]43C)[C@@H]12. The summed E-state index contributed by atoms with van der Waals surface area (Å²) in [6.45, 7) is 20.2. The molecule has 5 nitrogen and oxygen atoms in total. The molecule has 2 N–H and O–H groups in total. The number of aliphatic hydroxyl groups is 1. The highest BCUT2D eigenvalue weighted by molar-refractivity contribution is 5.84. The molecule has 1 aromatic rings. The van der Waals surface area contributed by atoms with Gasteiger partial charge in [-0.3, -0.25) is 4.79 Å². The van der Waals surface area contributed by atoms with Gasteiger partial charge in [0, 0.05) is 0 Å². The molecule has 0 saturated heterocycles. The zero-order valence-corrected chi connectivity index (χ0v) is 28.6. The predicted molar refractivity (Wildman–Crippen MR) is 176 cm³/mol. The Morgan fingerprint density at radius 3 is 2.27 bits per heavy atom. The third-order valence-corrected chi connectivity index (χ3v) is 15.2. The van der Waals surface area contributed by atoms with Gasteiger partial charge in [0.25, 0.3) is 0 Å². The Labute approximate surface area is 266 Å². The average molecular weight is 606 g/mol. The molecule has 5 aliphatic carbocycles. The highest BCUT2D eigenvalue weighted by Crippen LogP contribution is 2.77. The van der Waals surface area contributed by atoms with Crippen molar-refractivity contribution in [3.63, 3.8) is 0 Å². The van der Waals surface area contributed by atoms with Crippen molar-refractivity contribution in [2.75, 3.05) is 20.3 Å². The summed E-state index contributed by atoms with van der Waals surface area (Å²) >= 11 is 0. The summed E-state index contributed by atoms with van der Waals surface area (Å²) in [6.07, 6.45) is 11.0. The fraction of sp³-hybridized carbons (Fsp3) is 0.769. The molecular formula is C39H59NO4. The molecule has 1 amide bonds. The molecule has 0 unspecified atom stereocenters. The van der Waals surface area contributed by atoms with Crippen LogP contribution in [0.3, 0.4) is 0 Å². The van der Waals surface area contributed by atoms with E-state index >= 15 is 0 Å². The normalized spacial score (nSPS) is 43.9. The molecule has 0 aromatic heterocycles. The van der Waals surface area contributed by atoms with Gasteiger partial charge in [-0.05, 0) is 147 Å². The van der Waals surface area contributed by atoms with E-state index in [4.69, 9.17) is 9.47 Å². The van der Waals surface area contributed by atoms with E-state index in [-0.39, 0.29) is 39.1 Å². The minimum absolute atomic E-state index is 0.0283. The molecule has 244 valence electrons. The highest BCUT2D eigenvalue weighted by Gasteiger charge is 2.71. The van der Waals surface area contributed by atoms with Crippen molar-refractivity contribution in [1.29, 1.82) is 0 Å². The molecule has 5 saturated carbocycles. The molecule has 44 heavy (non-hydrogen) atoms. The summed E-state index contributed by atoms with van der Waals surface area (Å²) in [6, 6.07) is 7.61. The molecule has 0 spiro atoms. The summed E-state index contributed by atoms with van der Waals surface area (Å²) in [5, 5.41) is 14.4. The van der Waals surface area contributed by atoms with Crippen LogP contribution in [0, 0.1) is 56.7 Å². The van der Waals surface area contributed by atoms with E-state index in [2.05, 4.69) is 53.4 Å². The highest BCUT2D eigenvalue weighted by atomic mass is 16.5. The largest absolute Gasteiger partial charge is 0.497 e. The molecule has 0 heterocycles. The maximum atomic E-state index is 14.3. The van der Waals surface area contributed by atoms with Gasteiger partial charge in [0.15, 0.2) is 0 Å². The number of fused-ring (bicyclic) bond motifs is 7. The molecule has 0 bridgehead atoms. The zero-order valence-electron chi connectivity index (χ0n) is 28.6. The first-order chi connectivity index (χ1) is 20.7. The second kappa shape index (κ2) is 11.1. The van der Waals surface area contributed by atoms with Crippen LogP contribution in [0.25, 0.3) is 0 Å². The number of amides is 1. The Kier molecular flexibility index (Phi) is 8.03. The van der Waals surface area contributed by atoms with Crippen LogP contribution in [0.5, 0.6) is 11.5 Å². The van der Waals surface area contributed by atoms with Gasteiger partial charge in [-0.25, -0.2) is 0 Å². The lowest BCUT2D eigenvalue weighted by Crippen LogP contribution is -2.67. The fourth-order valence-corrected chi connectivity index (χ4v) is 12.7. The van der Waals surface area contributed by atoms with Gasteiger partial charge >= 0.3 is 0 Å². The third-order valence-electron chi connectivity index (χ3n) is 15.2. The number of ether oxygens (including phenoxy) is 2. The maximum absolute atomic E-state index is 14.3. The number of carbonyl (C=O) groups excluding carboxylic acids is 1. The van der Waals surface area contributed by atoms with Crippen molar-refractivity contribution in [1.82, 2.24) is 5.32 Å². The molecule has 10 atom stereocenters. The lowest BCUT2D eigenvalue weighted by atomic mass is 9.32. The van der Waals surface area contributed by atoms with Gasteiger partial charge < -0.3 is 19.9 Å². The van der Waals surface area contributed by atoms with Crippen LogP contribution in [0.4, 0.5) is 0 Å². The Balaban J connectivity index is 1.23. The van der Waals surface area contributed by atoms with Gasteiger partial charge in [0.05, 0.1) is 25.2 Å². The van der Waals surface area contributed by atoms with Crippen molar-refractivity contribution in [2.24, 2.45) is 56.7 Å². The fourth-order valence-electron chi connectivity index (χ4n) is 12.7. The molecule has 5 fully saturated rings. The first-order valence-corrected chi connectivity index (χ1v) is 17.6. The van der Waals surface area contributed by atoms with Crippen molar-refractivity contribution in [2.45, 2.75) is 112 Å². The lowest BCUT2D eigenvalue weighted by Gasteiger charge is -2.72. The van der Waals surface area contributed by atoms with E-state index in [0.717, 1.165) is 50.0 Å². The first kappa shape index (κ1) is 32.0. The van der Waals surface area contributed by atoms with Gasteiger partial charge in [0.2, 0.25) is 5.91 Å². The van der Waals surface area contributed by atoms with Crippen LogP contribution in [-0.2, 0) is 4.79 Å². The van der Waals surface area contributed by atoms with Crippen LogP contribution in [0.1, 0.15) is 106 Å².